The average Bonchev–Trinajstić information content (AvgIpc) is 2.51. The molecular formula is C18H20F3N3. The first-order valence-electron chi connectivity index (χ1n) is 7.95. The van der Waals surface area contributed by atoms with Gasteiger partial charge in [0.1, 0.15) is 5.82 Å². The lowest BCUT2D eigenvalue weighted by Crippen LogP contribution is -2.32. The first-order chi connectivity index (χ1) is 11.2. The Morgan fingerprint density at radius 1 is 1.12 bits per heavy atom. The van der Waals surface area contributed by atoms with E-state index in [0.717, 1.165) is 42.2 Å². The van der Waals surface area contributed by atoms with E-state index in [0.29, 0.717) is 18.7 Å². The zero-order valence-corrected chi connectivity index (χ0v) is 14.0. The Balaban J connectivity index is 1.76. The molecule has 0 N–H and O–H groups in total. The lowest BCUT2D eigenvalue weighted by atomic mass is 9.95. The van der Waals surface area contributed by atoms with E-state index in [1.807, 2.05) is 6.20 Å². The van der Waals surface area contributed by atoms with Gasteiger partial charge in [0.15, 0.2) is 17.5 Å². The quantitative estimate of drug-likeness (QED) is 0.783. The Morgan fingerprint density at radius 2 is 1.79 bits per heavy atom. The summed E-state index contributed by atoms with van der Waals surface area (Å²) >= 11 is 0. The SMILES string of the molecule is CC(C)(C)c1ncc2c(n1)CCN(Cc1cc(F)c(F)c(F)c1)C2. The molecule has 2 heterocycles. The predicted octanol–water partition coefficient (Wildman–Crippen LogP) is 3.75. The van der Waals surface area contributed by atoms with E-state index in [4.69, 9.17) is 0 Å². The molecule has 0 atom stereocenters. The summed E-state index contributed by atoms with van der Waals surface area (Å²) in [4.78, 5) is 11.1. The third-order valence-electron chi connectivity index (χ3n) is 4.13. The highest BCUT2D eigenvalue weighted by molar-refractivity contribution is 5.24. The average molecular weight is 335 g/mol. The summed E-state index contributed by atoms with van der Waals surface area (Å²) in [5.74, 6) is -2.91. The fourth-order valence-corrected chi connectivity index (χ4v) is 2.83. The Hall–Kier alpha value is -1.95. The monoisotopic (exact) mass is 335 g/mol. The Labute approximate surface area is 139 Å². The van der Waals surface area contributed by atoms with Crippen molar-refractivity contribution in [2.75, 3.05) is 6.54 Å². The van der Waals surface area contributed by atoms with Crippen LogP contribution in [0, 0.1) is 17.5 Å². The highest BCUT2D eigenvalue weighted by Gasteiger charge is 2.23. The van der Waals surface area contributed by atoms with E-state index in [1.54, 1.807) is 0 Å². The number of aromatic nitrogens is 2. The van der Waals surface area contributed by atoms with Crippen molar-refractivity contribution in [2.24, 2.45) is 0 Å². The van der Waals surface area contributed by atoms with Gasteiger partial charge in [-0.15, -0.1) is 0 Å². The van der Waals surface area contributed by atoms with Crippen LogP contribution in [-0.2, 0) is 24.9 Å². The molecule has 128 valence electrons. The van der Waals surface area contributed by atoms with Crippen LogP contribution in [0.5, 0.6) is 0 Å². The summed E-state index contributed by atoms with van der Waals surface area (Å²) in [7, 11) is 0. The fourth-order valence-electron chi connectivity index (χ4n) is 2.83. The predicted molar refractivity (Wildman–Crippen MR) is 84.9 cm³/mol. The first kappa shape index (κ1) is 16.9. The minimum atomic E-state index is -1.43. The van der Waals surface area contributed by atoms with Gasteiger partial charge in [-0.2, -0.15) is 0 Å². The molecule has 0 radical (unpaired) electrons. The molecule has 1 aromatic carbocycles. The molecule has 1 aliphatic rings. The van der Waals surface area contributed by atoms with E-state index >= 15 is 0 Å². The molecule has 6 heteroatoms. The standard InChI is InChI=1S/C18H20F3N3/c1-18(2,3)17-22-8-12-10-24(5-4-15(12)23-17)9-11-6-13(19)16(21)14(20)7-11/h6-8H,4-5,9-10H2,1-3H3. The van der Waals surface area contributed by atoms with Crippen LogP contribution in [0.25, 0.3) is 0 Å². The summed E-state index contributed by atoms with van der Waals surface area (Å²) in [6.07, 6.45) is 2.59. The van der Waals surface area contributed by atoms with Gasteiger partial charge >= 0.3 is 0 Å². The smallest absolute Gasteiger partial charge is 0.194 e. The lowest BCUT2D eigenvalue weighted by molar-refractivity contribution is 0.241. The summed E-state index contributed by atoms with van der Waals surface area (Å²) in [6.45, 7) is 7.91. The van der Waals surface area contributed by atoms with Crippen LogP contribution < -0.4 is 0 Å². The summed E-state index contributed by atoms with van der Waals surface area (Å²) in [6, 6.07) is 2.10. The molecule has 3 nitrogen and oxygen atoms in total. The third-order valence-corrected chi connectivity index (χ3v) is 4.13. The van der Waals surface area contributed by atoms with Crippen LogP contribution in [0.1, 0.15) is 43.4 Å². The molecule has 0 aliphatic carbocycles. The van der Waals surface area contributed by atoms with Crippen LogP contribution in [0.3, 0.4) is 0 Å². The highest BCUT2D eigenvalue weighted by Crippen LogP contribution is 2.24. The van der Waals surface area contributed by atoms with Gasteiger partial charge in [0, 0.05) is 48.9 Å². The maximum Gasteiger partial charge on any atom is 0.194 e. The maximum atomic E-state index is 13.3. The summed E-state index contributed by atoms with van der Waals surface area (Å²) in [5, 5.41) is 0. The van der Waals surface area contributed by atoms with Crippen molar-refractivity contribution in [1.29, 1.82) is 0 Å². The summed E-state index contributed by atoms with van der Waals surface area (Å²) in [5.41, 5.74) is 2.37. The molecule has 2 aromatic rings. The number of rotatable bonds is 2. The van der Waals surface area contributed by atoms with Crippen molar-refractivity contribution in [3.05, 3.63) is 58.4 Å². The molecule has 0 unspecified atom stereocenters. The van der Waals surface area contributed by atoms with E-state index < -0.39 is 17.5 Å². The molecule has 0 saturated carbocycles. The number of hydrogen-bond donors (Lipinski definition) is 0. The largest absolute Gasteiger partial charge is 0.294 e. The first-order valence-corrected chi connectivity index (χ1v) is 7.95. The molecule has 0 fully saturated rings. The molecule has 0 bridgehead atoms. The van der Waals surface area contributed by atoms with Crippen LogP contribution in [-0.4, -0.2) is 21.4 Å². The maximum absolute atomic E-state index is 13.3. The Kier molecular flexibility index (Phi) is 4.34. The van der Waals surface area contributed by atoms with Gasteiger partial charge in [0.2, 0.25) is 0 Å². The number of halogens is 3. The Bertz CT molecular complexity index is 746. The minimum absolute atomic E-state index is 0.102. The van der Waals surface area contributed by atoms with Crippen molar-refractivity contribution in [3.63, 3.8) is 0 Å². The van der Waals surface area contributed by atoms with Gasteiger partial charge < -0.3 is 0 Å². The van der Waals surface area contributed by atoms with E-state index in [2.05, 4.69) is 35.6 Å². The molecule has 0 spiro atoms. The van der Waals surface area contributed by atoms with Crippen LogP contribution in [0.4, 0.5) is 13.2 Å². The third kappa shape index (κ3) is 3.43. The number of benzene rings is 1. The molecule has 3 rings (SSSR count). The van der Waals surface area contributed by atoms with Gasteiger partial charge in [-0.1, -0.05) is 20.8 Å². The number of nitrogens with zero attached hydrogens (tertiary/aromatic N) is 3. The zero-order valence-electron chi connectivity index (χ0n) is 14.0. The lowest BCUT2D eigenvalue weighted by Gasteiger charge is -2.29. The van der Waals surface area contributed by atoms with Crippen LogP contribution >= 0.6 is 0 Å². The van der Waals surface area contributed by atoms with Crippen molar-refractivity contribution in [1.82, 2.24) is 14.9 Å². The molecule has 0 saturated heterocycles. The van der Waals surface area contributed by atoms with Crippen molar-refractivity contribution in [2.45, 2.75) is 45.7 Å². The van der Waals surface area contributed by atoms with Crippen molar-refractivity contribution in [3.8, 4) is 0 Å². The second-order valence-corrected chi connectivity index (χ2v) is 7.25. The van der Waals surface area contributed by atoms with Gasteiger partial charge in [-0.05, 0) is 17.7 Å². The Morgan fingerprint density at radius 3 is 2.42 bits per heavy atom. The topological polar surface area (TPSA) is 29.0 Å². The molecule has 1 aromatic heterocycles. The zero-order chi connectivity index (χ0) is 17.5. The van der Waals surface area contributed by atoms with Gasteiger partial charge in [-0.25, -0.2) is 23.1 Å². The fraction of sp³-hybridized carbons (Fsp3) is 0.444. The molecular weight excluding hydrogens is 315 g/mol. The van der Waals surface area contributed by atoms with E-state index in [-0.39, 0.29) is 5.41 Å². The van der Waals surface area contributed by atoms with Crippen LogP contribution in [0.15, 0.2) is 18.3 Å². The second kappa shape index (κ2) is 6.16. The van der Waals surface area contributed by atoms with Gasteiger partial charge in [0.05, 0.1) is 0 Å². The van der Waals surface area contributed by atoms with Crippen molar-refractivity contribution < 1.29 is 13.2 Å². The minimum Gasteiger partial charge on any atom is -0.294 e. The number of fused-ring (bicyclic) bond motifs is 1. The molecule has 0 amide bonds. The van der Waals surface area contributed by atoms with Crippen LogP contribution in [0.2, 0.25) is 0 Å². The summed E-state index contributed by atoms with van der Waals surface area (Å²) < 4.78 is 39.7. The second-order valence-electron chi connectivity index (χ2n) is 7.25. The van der Waals surface area contributed by atoms with Gasteiger partial charge in [-0.3, -0.25) is 4.90 Å². The molecule has 1 aliphatic heterocycles. The number of hydrogen-bond acceptors (Lipinski definition) is 3. The van der Waals surface area contributed by atoms with E-state index in [9.17, 15) is 13.2 Å². The van der Waals surface area contributed by atoms with Gasteiger partial charge in [0.25, 0.3) is 0 Å². The normalized spacial score (nSPS) is 15.4. The molecule has 24 heavy (non-hydrogen) atoms. The van der Waals surface area contributed by atoms with Crippen molar-refractivity contribution >= 4 is 0 Å². The highest BCUT2D eigenvalue weighted by atomic mass is 19.2. The van der Waals surface area contributed by atoms with E-state index in [1.165, 1.54) is 0 Å².